The van der Waals surface area contributed by atoms with Gasteiger partial charge in [-0.2, -0.15) is 0 Å². The van der Waals surface area contributed by atoms with E-state index < -0.39 is 30.2 Å². The van der Waals surface area contributed by atoms with Gasteiger partial charge in [-0.1, -0.05) is 6.92 Å². The smallest absolute Gasteiger partial charge is 0.353 e. The number of likely N-dealkylation sites (tertiary alicyclic amines) is 2. The van der Waals surface area contributed by atoms with Crippen LogP contribution in [0.2, 0.25) is 0 Å². The third kappa shape index (κ3) is 5.01. The number of rotatable bonds is 8. The van der Waals surface area contributed by atoms with Gasteiger partial charge >= 0.3 is 5.97 Å². The highest BCUT2D eigenvalue weighted by atomic mass is 32.2. The molecule has 3 fully saturated rings. The van der Waals surface area contributed by atoms with Crippen molar-refractivity contribution in [2.24, 2.45) is 28.3 Å². The van der Waals surface area contributed by atoms with Crippen molar-refractivity contribution in [2.75, 3.05) is 26.7 Å². The SMILES string of the molecule is C[C@@H](O)[C@H]1C(=O)N2C(C(=O)O)=C(S[C@H]3C[C@@H](C(=O)N4CCC[C@@H]4NC(=O)CN=C(N)N)N(C)C3)[C@H](C)[C@H]12. The zero-order valence-corrected chi connectivity index (χ0v) is 22.0. The van der Waals surface area contributed by atoms with Crippen LogP contribution in [0, 0.1) is 11.8 Å². The third-order valence-corrected chi connectivity index (χ3v) is 9.16. The number of fused-ring (bicyclic) bond motifs is 1. The van der Waals surface area contributed by atoms with Gasteiger partial charge in [-0.25, -0.2) is 9.79 Å². The van der Waals surface area contributed by atoms with Crippen LogP contribution < -0.4 is 16.8 Å². The fourth-order valence-corrected chi connectivity index (χ4v) is 7.55. The van der Waals surface area contributed by atoms with E-state index in [9.17, 15) is 29.4 Å². The van der Waals surface area contributed by atoms with Crippen LogP contribution in [0.4, 0.5) is 0 Å². The van der Waals surface area contributed by atoms with Crippen LogP contribution in [0.3, 0.4) is 0 Å². The van der Waals surface area contributed by atoms with Crippen molar-refractivity contribution in [2.45, 2.75) is 62.7 Å². The summed E-state index contributed by atoms with van der Waals surface area (Å²) in [4.78, 5) is 59.6. The fourth-order valence-electron chi connectivity index (χ4n) is 5.95. The number of amides is 3. The number of thioether (sulfide) groups is 1. The molecule has 0 aromatic carbocycles. The molecule has 13 nitrogen and oxygen atoms in total. The van der Waals surface area contributed by atoms with Gasteiger partial charge in [0.2, 0.25) is 17.7 Å². The largest absolute Gasteiger partial charge is 0.477 e. The molecule has 0 bridgehead atoms. The molecule has 204 valence electrons. The number of aliphatic hydroxyl groups is 1. The number of likely N-dealkylation sites (N-methyl/N-ethyl adjacent to an activating group) is 1. The van der Waals surface area contributed by atoms with Crippen LogP contribution >= 0.6 is 11.8 Å². The van der Waals surface area contributed by atoms with E-state index in [-0.39, 0.29) is 53.1 Å². The number of aliphatic imine (C=N–C) groups is 1. The van der Waals surface area contributed by atoms with Crippen molar-refractivity contribution in [1.82, 2.24) is 20.0 Å². The lowest BCUT2D eigenvalue weighted by atomic mass is 9.79. The topological polar surface area (TPSA) is 195 Å². The molecule has 0 saturated carbocycles. The number of hydrogen-bond acceptors (Lipinski definition) is 8. The number of nitrogens with zero attached hydrogens (tertiary/aromatic N) is 4. The molecular weight excluding hydrogens is 502 g/mol. The minimum atomic E-state index is -1.16. The number of β-lactam (4-membered cyclic amide) rings is 1. The van der Waals surface area contributed by atoms with E-state index in [0.717, 1.165) is 6.42 Å². The molecule has 0 aromatic heterocycles. The standard InChI is InChI=1S/C23H35N7O6S/c1-10-17-16(11(2)31)21(34)30(17)18(22(35)36)19(10)37-12-7-13(28(3)9-12)20(33)29-6-4-5-14(29)27-15(32)8-26-23(24)25/h10-14,16-17,31H,4-9H2,1-3H3,(H,27,32)(H,35,36)(H4,24,25,26)/t10-,11-,12+,13+,14-,16-,17-/m1/s1. The summed E-state index contributed by atoms with van der Waals surface area (Å²) < 4.78 is 0. The van der Waals surface area contributed by atoms with Gasteiger partial charge in [0.05, 0.1) is 24.1 Å². The lowest BCUT2D eigenvalue weighted by Gasteiger charge is -2.46. The fraction of sp³-hybridized carbons (Fsp3) is 0.696. The number of carbonyl (C=O) groups is 4. The Labute approximate surface area is 219 Å². The molecule has 0 aliphatic carbocycles. The van der Waals surface area contributed by atoms with Crippen LogP contribution in [0.5, 0.6) is 0 Å². The van der Waals surface area contributed by atoms with Crippen molar-refractivity contribution < 1.29 is 29.4 Å². The molecule has 3 saturated heterocycles. The van der Waals surface area contributed by atoms with Gasteiger partial charge in [-0.05, 0) is 33.2 Å². The molecule has 3 amide bonds. The zero-order chi connectivity index (χ0) is 27.2. The molecule has 7 N–H and O–H groups in total. The van der Waals surface area contributed by atoms with Crippen LogP contribution in [0.1, 0.15) is 33.1 Å². The summed E-state index contributed by atoms with van der Waals surface area (Å²) in [6.07, 6.45) is 0.610. The molecule has 7 atom stereocenters. The molecule has 37 heavy (non-hydrogen) atoms. The highest BCUT2D eigenvalue weighted by molar-refractivity contribution is 8.03. The molecule has 0 unspecified atom stereocenters. The summed E-state index contributed by atoms with van der Waals surface area (Å²) in [5.74, 6) is -3.00. The molecule has 4 rings (SSSR count). The van der Waals surface area contributed by atoms with Gasteiger partial charge in [0, 0.05) is 29.2 Å². The zero-order valence-electron chi connectivity index (χ0n) is 21.2. The quantitative estimate of drug-likeness (QED) is 0.135. The van der Waals surface area contributed by atoms with Crippen molar-refractivity contribution in [3.63, 3.8) is 0 Å². The summed E-state index contributed by atoms with van der Waals surface area (Å²) >= 11 is 1.41. The Morgan fingerprint density at radius 1 is 1.30 bits per heavy atom. The maximum atomic E-state index is 13.5. The first-order valence-electron chi connectivity index (χ1n) is 12.4. The lowest BCUT2D eigenvalue weighted by Crippen LogP contribution is -2.63. The Bertz CT molecular complexity index is 1040. The van der Waals surface area contributed by atoms with E-state index in [1.54, 1.807) is 11.8 Å². The summed E-state index contributed by atoms with van der Waals surface area (Å²) in [7, 11) is 1.86. The number of guanidine groups is 1. The first-order chi connectivity index (χ1) is 17.4. The van der Waals surface area contributed by atoms with Crippen LogP contribution in [0.15, 0.2) is 15.6 Å². The summed E-state index contributed by atoms with van der Waals surface area (Å²) in [5.41, 5.74) is 10.6. The molecule has 4 aliphatic heterocycles. The van der Waals surface area contributed by atoms with Crippen molar-refractivity contribution >= 4 is 41.4 Å². The molecule has 0 spiro atoms. The average Bonchev–Trinajstić information content (AvgIpc) is 3.48. The van der Waals surface area contributed by atoms with Gasteiger partial charge in [0.15, 0.2) is 5.96 Å². The van der Waals surface area contributed by atoms with E-state index in [2.05, 4.69) is 10.3 Å². The predicted octanol–water partition coefficient (Wildman–Crippen LogP) is -1.72. The monoisotopic (exact) mass is 537 g/mol. The highest BCUT2D eigenvalue weighted by Gasteiger charge is 2.60. The lowest BCUT2D eigenvalue weighted by molar-refractivity contribution is -0.163. The van der Waals surface area contributed by atoms with E-state index in [4.69, 9.17) is 11.5 Å². The second-order valence-corrected chi connectivity index (χ2v) is 11.5. The molecule has 0 radical (unpaired) electrons. The van der Waals surface area contributed by atoms with E-state index >= 15 is 0 Å². The summed E-state index contributed by atoms with van der Waals surface area (Å²) in [5, 5.41) is 22.7. The molecular formula is C23H35N7O6S. The normalized spacial score (nSPS) is 32.3. The van der Waals surface area contributed by atoms with Crippen LogP contribution in [-0.4, -0.2) is 111 Å². The van der Waals surface area contributed by atoms with Gasteiger partial charge in [0.1, 0.15) is 18.4 Å². The van der Waals surface area contributed by atoms with Crippen molar-refractivity contribution in [3.05, 3.63) is 10.6 Å². The van der Waals surface area contributed by atoms with Crippen molar-refractivity contribution in [3.8, 4) is 0 Å². The summed E-state index contributed by atoms with van der Waals surface area (Å²) in [6.45, 7) is 4.32. The maximum absolute atomic E-state index is 13.5. The average molecular weight is 538 g/mol. The first kappa shape index (κ1) is 27.2. The Morgan fingerprint density at radius 2 is 2.00 bits per heavy atom. The Hall–Kier alpha value is -2.84. The molecule has 14 heteroatoms. The van der Waals surface area contributed by atoms with Gasteiger partial charge < -0.3 is 36.8 Å². The Morgan fingerprint density at radius 3 is 2.62 bits per heavy atom. The van der Waals surface area contributed by atoms with Gasteiger partial charge in [-0.3, -0.25) is 19.3 Å². The maximum Gasteiger partial charge on any atom is 0.353 e. The molecule has 4 heterocycles. The number of nitrogens with one attached hydrogen (secondary N) is 1. The second kappa shape index (κ2) is 10.5. The highest BCUT2D eigenvalue weighted by Crippen LogP contribution is 2.52. The first-order valence-corrected chi connectivity index (χ1v) is 13.3. The summed E-state index contributed by atoms with van der Waals surface area (Å²) in [6, 6.07) is -0.784. The predicted molar refractivity (Wildman–Crippen MR) is 136 cm³/mol. The minimum absolute atomic E-state index is 0.00933. The van der Waals surface area contributed by atoms with E-state index in [0.29, 0.717) is 30.8 Å². The number of carboxylic acids is 1. The number of carboxylic acid groups (broad SMARTS) is 1. The van der Waals surface area contributed by atoms with Crippen LogP contribution in [0.25, 0.3) is 0 Å². The van der Waals surface area contributed by atoms with Gasteiger partial charge in [-0.15, -0.1) is 11.8 Å². The number of nitrogens with two attached hydrogens (primary N) is 2. The molecule has 0 aromatic rings. The molecule has 4 aliphatic rings. The number of hydrogen-bond donors (Lipinski definition) is 5. The number of aliphatic carboxylic acids is 1. The second-order valence-electron chi connectivity index (χ2n) is 10.2. The van der Waals surface area contributed by atoms with E-state index in [1.807, 2.05) is 18.9 Å². The minimum Gasteiger partial charge on any atom is -0.477 e. The Kier molecular flexibility index (Phi) is 7.72. The number of carbonyl (C=O) groups excluding carboxylic acids is 3. The van der Waals surface area contributed by atoms with E-state index in [1.165, 1.54) is 16.7 Å². The Balaban J connectivity index is 1.43. The van der Waals surface area contributed by atoms with Crippen molar-refractivity contribution in [1.29, 1.82) is 0 Å². The van der Waals surface area contributed by atoms with Gasteiger partial charge in [0.25, 0.3) is 0 Å². The number of aliphatic hydroxyl groups excluding tert-OH is 1. The van der Waals surface area contributed by atoms with Crippen LogP contribution in [-0.2, 0) is 19.2 Å². The third-order valence-electron chi connectivity index (χ3n) is 7.67.